The van der Waals surface area contributed by atoms with Crippen LogP contribution in [0.25, 0.3) is 0 Å². The maximum atomic E-state index is 12.8. The van der Waals surface area contributed by atoms with Gasteiger partial charge in [-0.1, -0.05) is 18.2 Å². The molecule has 1 aliphatic heterocycles. The number of benzene rings is 1. The number of hydrogen-bond donors (Lipinski definition) is 0. The summed E-state index contributed by atoms with van der Waals surface area (Å²) in [5.41, 5.74) is -0.618. The molecule has 1 atom stereocenters. The van der Waals surface area contributed by atoms with E-state index >= 15 is 0 Å². The molecule has 1 fully saturated rings. The highest BCUT2D eigenvalue weighted by Gasteiger charge is 2.33. The van der Waals surface area contributed by atoms with Crippen molar-refractivity contribution in [1.29, 1.82) is 0 Å². The van der Waals surface area contributed by atoms with Crippen LogP contribution in [0, 0.1) is 0 Å². The monoisotopic (exact) mass is 315 g/mol. The summed E-state index contributed by atoms with van der Waals surface area (Å²) in [5.74, 6) is -0.0881. The van der Waals surface area contributed by atoms with E-state index in [1.54, 1.807) is 31.7 Å². The molecule has 1 unspecified atom stereocenters. The van der Waals surface area contributed by atoms with Gasteiger partial charge < -0.3 is 9.64 Å². The van der Waals surface area contributed by atoms with E-state index in [1.807, 2.05) is 0 Å². The third-order valence-electron chi connectivity index (χ3n) is 3.53. The molecule has 1 aliphatic rings. The van der Waals surface area contributed by atoms with Gasteiger partial charge in [-0.05, 0) is 38.8 Å². The van der Waals surface area contributed by atoms with Crippen LogP contribution in [-0.2, 0) is 10.9 Å². The maximum absolute atomic E-state index is 12.8. The second kappa shape index (κ2) is 5.82. The number of alkyl halides is 3. The fraction of sp³-hybridized carbons (Fsp3) is 0.562. The summed E-state index contributed by atoms with van der Waals surface area (Å²) in [4.78, 5) is 13.5. The molecule has 0 aromatic heterocycles. The predicted octanol–water partition coefficient (Wildman–Crippen LogP) is 4.43. The smallest absolute Gasteiger partial charge is 0.416 e. The summed E-state index contributed by atoms with van der Waals surface area (Å²) in [7, 11) is 0. The molecule has 0 N–H and O–H groups in total. The van der Waals surface area contributed by atoms with Crippen LogP contribution in [-0.4, -0.2) is 29.7 Å². The number of rotatable bonds is 1. The first-order chi connectivity index (χ1) is 10.1. The number of hydrogen-bond acceptors (Lipinski definition) is 2. The Hall–Kier alpha value is -1.72. The van der Waals surface area contributed by atoms with Gasteiger partial charge in [-0.25, -0.2) is 4.79 Å². The fourth-order valence-corrected chi connectivity index (χ4v) is 2.49. The Morgan fingerprint density at radius 2 is 1.95 bits per heavy atom. The molecule has 1 heterocycles. The third-order valence-corrected chi connectivity index (χ3v) is 3.53. The molecule has 1 aromatic rings. The van der Waals surface area contributed by atoms with Gasteiger partial charge in [0.15, 0.2) is 0 Å². The number of carbonyl (C=O) groups is 1. The zero-order valence-corrected chi connectivity index (χ0v) is 12.9. The lowest BCUT2D eigenvalue weighted by Gasteiger charge is -2.24. The Kier molecular flexibility index (Phi) is 4.40. The molecule has 0 spiro atoms. The molecular weight excluding hydrogens is 295 g/mol. The van der Waals surface area contributed by atoms with Crippen LogP contribution >= 0.6 is 0 Å². The van der Waals surface area contributed by atoms with Gasteiger partial charge in [0.05, 0.1) is 5.56 Å². The van der Waals surface area contributed by atoms with E-state index in [4.69, 9.17) is 4.74 Å². The molecule has 3 nitrogen and oxygen atoms in total. The van der Waals surface area contributed by atoms with E-state index in [1.165, 1.54) is 12.1 Å². The second-order valence-electron chi connectivity index (χ2n) is 6.54. The second-order valence-corrected chi connectivity index (χ2v) is 6.54. The zero-order chi connectivity index (χ0) is 16.5. The minimum atomic E-state index is -4.35. The average Bonchev–Trinajstić information content (AvgIpc) is 2.85. The lowest BCUT2D eigenvalue weighted by molar-refractivity contribution is -0.137. The third kappa shape index (κ3) is 4.15. The van der Waals surface area contributed by atoms with Crippen molar-refractivity contribution >= 4 is 6.09 Å². The van der Waals surface area contributed by atoms with Crippen molar-refractivity contribution < 1.29 is 22.7 Å². The number of ether oxygens (including phenoxy) is 1. The number of carbonyl (C=O) groups excluding carboxylic acids is 1. The molecule has 22 heavy (non-hydrogen) atoms. The SMILES string of the molecule is CC(C)(C)OC(=O)N1CCC(c2cccc(C(F)(F)F)c2)C1. The predicted molar refractivity (Wildman–Crippen MR) is 76.6 cm³/mol. The van der Waals surface area contributed by atoms with E-state index in [9.17, 15) is 18.0 Å². The van der Waals surface area contributed by atoms with Gasteiger partial charge in [0.1, 0.15) is 5.60 Å². The normalized spacial score (nSPS) is 19.4. The summed E-state index contributed by atoms with van der Waals surface area (Å²) in [6.07, 6.45) is -4.12. The van der Waals surface area contributed by atoms with Crippen molar-refractivity contribution in [2.24, 2.45) is 0 Å². The van der Waals surface area contributed by atoms with Crippen LogP contribution in [0.2, 0.25) is 0 Å². The fourth-order valence-electron chi connectivity index (χ4n) is 2.49. The minimum absolute atomic E-state index is 0.0881. The molecule has 122 valence electrons. The van der Waals surface area contributed by atoms with Crippen molar-refractivity contribution in [1.82, 2.24) is 4.90 Å². The number of amides is 1. The average molecular weight is 315 g/mol. The first-order valence-corrected chi connectivity index (χ1v) is 7.21. The number of halogens is 3. The van der Waals surface area contributed by atoms with Crippen LogP contribution in [0.3, 0.4) is 0 Å². The summed E-state index contributed by atoms with van der Waals surface area (Å²) in [6.45, 7) is 6.23. The van der Waals surface area contributed by atoms with Gasteiger partial charge >= 0.3 is 12.3 Å². The summed E-state index contributed by atoms with van der Waals surface area (Å²) in [5, 5.41) is 0. The summed E-state index contributed by atoms with van der Waals surface area (Å²) >= 11 is 0. The van der Waals surface area contributed by atoms with Crippen molar-refractivity contribution in [2.45, 2.75) is 44.9 Å². The van der Waals surface area contributed by atoms with Crippen molar-refractivity contribution in [3.63, 3.8) is 0 Å². The van der Waals surface area contributed by atoms with E-state index < -0.39 is 23.4 Å². The van der Waals surface area contributed by atoms with Gasteiger partial charge in [-0.3, -0.25) is 0 Å². The Balaban J connectivity index is 2.06. The molecule has 0 saturated carbocycles. The Morgan fingerprint density at radius 3 is 2.55 bits per heavy atom. The van der Waals surface area contributed by atoms with Crippen LogP contribution < -0.4 is 0 Å². The Bertz CT molecular complexity index is 549. The maximum Gasteiger partial charge on any atom is 0.416 e. The van der Waals surface area contributed by atoms with E-state index in [0.717, 1.165) is 6.07 Å². The van der Waals surface area contributed by atoms with Gasteiger partial charge in [0, 0.05) is 19.0 Å². The van der Waals surface area contributed by atoms with Crippen molar-refractivity contribution in [2.75, 3.05) is 13.1 Å². The Morgan fingerprint density at radius 1 is 1.27 bits per heavy atom. The van der Waals surface area contributed by atoms with Gasteiger partial charge in [-0.2, -0.15) is 13.2 Å². The zero-order valence-electron chi connectivity index (χ0n) is 12.9. The van der Waals surface area contributed by atoms with Crippen LogP contribution in [0.5, 0.6) is 0 Å². The highest BCUT2D eigenvalue weighted by Crippen LogP contribution is 2.34. The van der Waals surface area contributed by atoms with E-state index in [2.05, 4.69) is 0 Å². The van der Waals surface area contributed by atoms with E-state index in [0.29, 0.717) is 25.1 Å². The van der Waals surface area contributed by atoms with Crippen LogP contribution in [0.15, 0.2) is 24.3 Å². The molecule has 1 saturated heterocycles. The minimum Gasteiger partial charge on any atom is -0.444 e. The van der Waals surface area contributed by atoms with E-state index in [-0.39, 0.29) is 5.92 Å². The quantitative estimate of drug-likeness (QED) is 0.767. The molecule has 6 heteroatoms. The lowest BCUT2D eigenvalue weighted by atomic mass is 9.96. The number of nitrogens with zero attached hydrogens (tertiary/aromatic N) is 1. The summed E-state index contributed by atoms with van der Waals surface area (Å²) in [6, 6.07) is 5.32. The molecular formula is C16H20F3NO2. The van der Waals surface area contributed by atoms with Gasteiger partial charge in [0.2, 0.25) is 0 Å². The molecule has 1 amide bonds. The Labute approximate surface area is 128 Å². The highest BCUT2D eigenvalue weighted by molar-refractivity contribution is 5.68. The highest BCUT2D eigenvalue weighted by atomic mass is 19.4. The topological polar surface area (TPSA) is 29.5 Å². The molecule has 0 aliphatic carbocycles. The van der Waals surface area contributed by atoms with Gasteiger partial charge in [-0.15, -0.1) is 0 Å². The van der Waals surface area contributed by atoms with Crippen molar-refractivity contribution in [3.05, 3.63) is 35.4 Å². The van der Waals surface area contributed by atoms with Crippen LogP contribution in [0.1, 0.15) is 44.2 Å². The molecule has 0 radical (unpaired) electrons. The summed E-state index contributed by atoms with van der Waals surface area (Å²) < 4.78 is 43.6. The first-order valence-electron chi connectivity index (χ1n) is 7.21. The molecule has 1 aromatic carbocycles. The van der Waals surface area contributed by atoms with Gasteiger partial charge in [0.25, 0.3) is 0 Å². The van der Waals surface area contributed by atoms with Crippen LogP contribution in [0.4, 0.5) is 18.0 Å². The molecule has 2 rings (SSSR count). The standard InChI is InChI=1S/C16H20F3NO2/c1-15(2,3)22-14(21)20-8-7-12(10-20)11-5-4-6-13(9-11)16(17,18)19/h4-6,9,12H,7-8,10H2,1-3H3. The van der Waals surface area contributed by atoms with Crippen molar-refractivity contribution in [3.8, 4) is 0 Å². The molecule has 0 bridgehead atoms. The largest absolute Gasteiger partial charge is 0.444 e. The lowest BCUT2D eigenvalue weighted by Crippen LogP contribution is -2.35. The number of likely N-dealkylation sites (tertiary alicyclic amines) is 1. The first kappa shape index (κ1) is 16.6.